The van der Waals surface area contributed by atoms with Gasteiger partial charge in [0.05, 0.1) is 24.9 Å². The molecule has 5 N–H and O–H groups in total. The Hall–Kier alpha value is -4.42. The Morgan fingerprint density at radius 2 is 1.47 bits per heavy atom. The van der Waals surface area contributed by atoms with Gasteiger partial charge >= 0.3 is 0 Å². The van der Waals surface area contributed by atoms with Gasteiger partial charge in [0.15, 0.2) is 6.29 Å². The second kappa shape index (κ2) is 20.1. The third kappa shape index (κ3) is 11.8. The molecule has 0 aliphatic carbocycles. The van der Waals surface area contributed by atoms with E-state index in [1.54, 1.807) is 5.48 Å². The highest BCUT2D eigenvalue weighted by Crippen LogP contribution is 2.39. The second-order valence-electron chi connectivity index (χ2n) is 13.9. The number of ether oxygens (including phenoxy) is 2. The average Bonchev–Trinajstić information content (AvgIpc) is 3.21. The highest BCUT2D eigenvalue weighted by Gasteiger charge is 2.34. The van der Waals surface area contributed by atoms with E-state index in [-0.39, 0.29) is 43.1 Å². The summed E-state index contributed by atoms with van der Waals surface area (Å²) in [6, 6.07) is 33.7. The lowest BCUT2D eigenvalue weighted by Crippen LogP contribution is -2.43. The zero-order valence-corrected chi connectivity index (χ0v) is 30.7. The Balaban J connectivity index is 1.24. The van der Waals surface area contributed by atoms with Crippen molar-refractivity contribution in [3.05, 3.63) is 131 Å². The van der Waals surface area contributed by atoms with Gasteiger partial charge in [-0.3, -0.25) is 19.7 Å². The van der Waals surface area contributed by atoms with Crippen LogP contribution in [-0.4, -0.2) is 57.9 Å². The van der Waals surface area contributed by atoms with E-state index in [1.165, 1.54) is 0 Å². The summed E-state index contributed by atoms with van der Waals surface area (Å²) in [6.07, 6.45) is 2.72. The van der Waals surface area contributed by atoms with Crippen molar-refractivity contribution in [2.24, 2.45) is 0 Å². The summed E-state index contributed by atoms with van der Waals surface area (Å²) in [4.78, 5) is 25.8. The molecule has 4 aromatic rings. The quantitative estimate of drug-likeness (QED) is 0.0424. The van der Waals surface area contributed by atoms with Gasteiger partial charge in [0.1, 0.15) is 0 Å². The van der Waals surface area contributed by atoms with Crippen molar-refractivity contribution in [3.8, 4) is 11.1 Å². The van der Waals surface area contributed by atoms with Crippen molar-refractivity contribution >= 4 is 11.8 Å². The lowest BCUT2D eigenvalue weighted by atomic mass is 9.97. The fourth-order valence-corrected chi connectivity index (χ4v) is 6.69. The second-order valence-corrected chi connectivity index (χ2v) is 13.9. The number of unbranched alkanes of at least 4 members (excludes halogenated alkanes) is 3. The molecule has 0 saturated carbocycles. The molecule has 10 heteroatoms. The van der Waals surface area contributed by atoms with Crippen LogP contribution < -0.4 is 10.8 Å². The van der Waals surface area contributed by atoms with Gasteiger partial charge in [-0.25, -0.2) is 5.48 Å². The van der Waals surface area contributed by atoms with Crippen LogP contribution in [0.25, 0.3) is 11.1 Å². The summed E-state index contributed by atoms with van der Waals surface area (Å²) < 4.78 is 13.3. The molecule has 282 valence electrons. The Bertz CT molecular complexity index is 1740. The van der Waals surface area contributed by atoms with Crippen LogP contribution >= 0.6 is 0 Å². The molecule has 0 spiro atoms. The molecular formula is C43H53N3O7. The van der Waals surface area contributed by atoms with Gasteiger partial charge in [-0.2, -0.15) is 0 Å². The van der Waals surface area contributed by atoms with Crippen LogP contribution in [-0.2, 0) is 32.2 Å². The molecule has 53 heavy (non-hydrogen) atoms. The summed E-state index contributed by atoms with van der Waals surface area (Å²) in [5.41, 5.74) is 8.25. The number of hydroxylamine groups is 1. The smallest absolute Gasteiger partial charge is 0.243 e. The molecule has 1 saturated heterocycles. The van der Waals surface area contributed by atoms with Gasteiger partial charge in [-0.1, -0.05) is 104 Å². The monoisotopic (exact) mass is 723 g/mol. The maximum atomic E-state index is 12.5. The number of hydrogen-bond donors (Lipinski definition) is 5. The molecule has 1 heterocycles. The number of rotatable bonds is 18. The molecule has 5 rings (SSSR count). The lowest BCUT2D eigenvalue weighted by molar-refractivity contribution is -0.253. The van der Waals surface area contributed by atoms with Crippen LogP contribution in [0.3, 0.4) is 0 Å². The fourth-order valence-electron chi connectivity index (χ4n) is 6.69. The van der Waals surface area contributed by atoms with Crippen LogP contribution in [0.1, 0.15) is 98.2 Å². The Labute approximate surface area is 312 Å². The minimum Gasteiger partial charge on any atom is -0.392 e. The molecular weight excluding hydrogens is 670 g/mol. The first-order valence-electron chi connectivity index (χ1n) is 18.6. The maximum Gasteiger partial charge on any atom is 0.243 e. The van der Waals surface area contributed by atoms with Crippen molar-refractivity contribution in [2.75, 3.05) is 13.6 Å². The summed E-state index contributed by atoms with van der Waals surface area (Å²) in [7, 11) is 2.01. The van der Waals surface area contributed by atoms with Gasteiger partial charge in [0.25, 0.3) is 0 Å². The number of benzene rings is 4. The zero-order valence-electron chi connectivity index (χ0n) is 30.7. The molecule has 1 aliphatic heterocycles. The van der Waals surface area contributed by atoms with Gasteiger partial charge < -0.3 is 25.0 Å². The number of nitrogens with zero attached hydrogens (tertiary/aromatic N) is 1. The zero-order chi connectivity index (χ0) is 37.6. The van der Waals surface area contributed by atoms with Crippen molar-refractivity contribution < 1.29 is 34.5 Å². The summed E-state index contributed by atoms with van der Waals surface area (Å²) in [5, 5.41) is 32.3. The molecule has 0 aromatic heterocycles. The molecule has 2 amide bonds. The standard InChI is InChI=1S/C43H53N3O7/c1-30(42(50)34-13-6-5-7-14-34)46(2)28-38-26-39(33-22-20-31(29-47)21-23-33)53-43(52-38)37-17-11-16-36(25-37)35-15-10-12-32(24-35)27-44-40(48)18-8-3-4-9-19-41(49)45-51/h5-7,10-17,20-25,30,38-39,42-43,47,50-51H,3-4,8-9,18-19,26-29H2,1-2H3,(H,44,48)(H,45,49)/t30-,38+,39-,42-,43-/m1/s1. The number of hydrogen-bond acceptors (Lipinski definition) is 8. The number of aliphatic hydroxyl groups is 2. The van der Waals surface area contributed by atoms with Crippen molar-refractivity contribution in [1.82, 2.24) is 15.7 Å². The predicted octanol–water partition coefficient (Wildman–Crippen LogP) is 6.91. The van der Waals surface area contributed by atoms with Crippen LogP contribution in [0.15, 0.2) is 103 Å². The van der Waals surface area contributed by atoms with E-state index in [1.807, 2.05) is 98.9 Å². The lowest BCUT2D eigenvalue weighted by Gasteiger charge is -2.39. The number of carbonyl (C=O) groups is 2. The van der Waals surface area contributed by atoms with Crippen LogP contribution in [0.2, 0.25) is 0 Å². The molecule has 0 bridgehead atoms. The predicted molar refractivity (Wildman–Crippen MR) is 203 cm³/mol. The van der Waals surface area contributed by atoms with Gasteiger partial charge in [-0.15, -0.1) is 0 Å². The fraction of sp³-hybridized carbons (Fsp3) is 0.395. The Morgan fingerprint density at radius 1 is 0.792 bits per heavy atom. The third-order valence-corrected chi connectivity index (χ3v) is 9.99. The van der Waals surface area contributed by atoms with E-state index in [9.17, 15) is 19.8 Å². The summed E-state index contributed by atoms with van der Waals surface area (Å²) in [6.45, 7) is 3.01. The molecule has 10 nitrogen and oxygen atoms in total. The van der Waals surface area contributed by atoms with E-state index in [2.05, 4.69) is 28.4 Å². The molecule has 0 radical (unpaired) electrons. The SMILES string of the molecule is C[C@H]([C@@H](O)c1ccccc1)N(C)C[C@@H]1C[C@H](c2ccc(CO)cc2)O[C@H](c2cccc(-c3cccc(CNC(=O)CCCCCCC(=O)NO)c3)c2)O1. The highest BCUT2D eigenvalue weighted by molar-refractivity contribution is 5.76. The maximum absolute atomic E-state index is 12.5. The van der Waals surface area contributed by atoms with Crippen molar-refractivity contribution in [1.29, 1.82) is 0 Å². The molecule has 5 atom stereocenters. The first-order valence-corrected chi connectivity index (χ1v) is 18.6. The van der Waals surface area contributed by atoms with E-state index >= 15 is 0 Å². The van der Waals surface area contributed by atoms with Gasteiger partial charge in [-0.05, 0) is 72.3 Å². The molecule has 1 fully saturated rings. The van der Waals surface area contributed by atoms with E-state index in [0.717, 1.165) is 58.2 Å². The molecule has 4 aromatic carbocycles. The summed E-state index contributed by atoms with van der Waals surface area (Å²) in [5.74, 6) is -0.399. The van der Waals surface area contributed by atoms with Crippen LogP contribution in [0.5, 0.6) is 0 Å². The van der Waals surface area contributed by atoms with Gasteiger partial charge in [0.2, 0.25) is 11.8 Å². The third-order valence-electron chi connectivity index (χ3n) is 9.99. The van der Waals surface area contributed by atoms with E-state index < -0.39 is 12.4 Å². The van der Waals surface area contributed by atoms with Crippen molar-refractivity contribution in [2.45, 2.75) is 95.7 Å². The number of aliphatic hydroxyl groups excluding tert-OH is 2. The minimum absolute atomic E-state index is 0.0122. The van der Waals surface area contributed by atoms with E-state index in [0.29, 0.717) is 32.4 Å². The minimum atomic E-state index is -0.648. The normalized spacial score (nSPS) is 18.3. The largest absolute Gasteiger partial charge is 0.392 e. The number of amides is 2. The van der Waals surface area contributed by atoms with E-state index in [4.69, 9.17) is 14.7 Å². The number of carbonyl (C=O) groups excluding carboxylic acids is 2. The number of likely N-dealkylation sites (N-methyl/N-ethyl adjacent to an activating group) is 1. The Morgan fingerprint density at radius 3 is 2.17 bits per heavy atom. The first-order chi connectivity index (χ1) is 25.7. The Kier molecular flexibility index (Phi) is 15.1. The highest BCUT2D eigenvalue weighted by atomic mass is 16.7. The van der Waals surface area contributed by atoms with Crippen LogP contribution in [0.4, 0.5) is 0 Å². The molecule has 0 unspecified atom stereocenters. The number of nitrogens with one attached hydrogen (secondary N) is 2. The average molecular weight is 724 g/mol. The van der Waals surface area contributed by atoms with Crippen molar-refractivity contribution in [3.63, 3.8) is 0 Å². The van der Waals surface area contributed by atoms with Crippen LogP contribution in [0, 0.1) is 0 Å². The summed E-state index contributed by atoms with van der Waals surface area (Å²) >= 11 is 0. The molecule has 1 aliphatic rings. The van der Waals surface area contributed by atoms with Gasteiger partial charge in [0, 0.05) is 44.0 Å². The first kappa shape index (κ1) is 39.8. The topological polar surface area (TPSA) is 141 Å².